The van der Waals surface area contributed by atoms with Crippen molar-refractivity contribution in [3.63, 3.8) is 0 Å². The van der Waals surface area contributed by atoms with Gasteiger partial charge < -0.3 is 10.8 Å². The van der Waals surface area contributed by atoms with E-state index in [-0.39, 0.29) is 13.1 Å². The fourth-order valence-corrected chi connectivity index (χ4v) is 1.83. The lowest BCUT2D eigenvalue weighted by Gasteiger charge is -2.25. The number of nitrogens with one attached hydrogen (secondary N) is 1. The van der Waals surface area contributed by atoms with E-state index in [2.05, 4.69) is 0 Å². The second-order valence-electron chi connectivity index (χ2n) is 4.53. The number of β-amino-alcohol motifs (C(OH)–C–C–N with tert-alkyl or cyclic N) is 1. The summed E-state index contributed by atoms with van der Waals surface area (Å²) in [7, 11) is 0. The molecule has 0 saturated carbocycles. The molecule has 1 aliphatic heterocycles. The molecular formula is C9H16F3N3O. The van der Waals surface area contributed by atoms with Crippen molar-refractivity contribution in [3.8, 4) is 0 Å². The third-order valence-electron chi connectivity index (χ3n) is 2.74. The number of amidine groups is 1. The first-order valence-electron chi connectivity index (χ1n) is 4.97. The van der Waals surface area contributed by atoms with Gasteiger partial charge in [0.2, 0.25) is 0 Å². The van der Waals surface area contributed by atoms with Gasteiger partial charge in [0.1, 0.15) is 11.8 Å². The minimum atomic E-state index is -4.50. The zero-order valence-electron chi connectivity index (χ0n) is 9.01. The maximum Gasteiger partial charge on any atom is 0.399 e. The van der Waals surface area contributed by atoms with E-state index in [0.717, 1.165) is 0 Å². The molecule has 4 N–H and O–H groups in total. The monoisotopic (exact) mass is 239 g/mol. The van der Waals surface area contributed by atoms with Crippen molar-refractivity contribution >= 4 is 5.84 Å². The molecule has 0 amide bonds. The second kappa shape index (κ2) is 4.21. The maximum atomic E-state index is 12.5. The number of hydrogen-bond acceptors (Lipinski definition) is 3. The Morgan fingerprint density at radius 1 is 1.62 bits per heavy atom. The smallest absolute Gasteiger partial charge is 0.389 e. The van der Waals surface area contributed by atoms with Gasteiger partial charge in [-0.2, -0.15) is 13.2 Å². The minimum absolute atomic E-state index is 0.187. The van der Waals surface area contributed by atoms with Gasteiger partial charge in [-0.15, -0.1) is 0 Å². The van der Waals surface area contributed by atoms with E-state index in [1.54, 1.807) is 6.92 Å². The van der Waals surface area contributed by atoms with E-state index in [1.807, 2.05) is 0 Å². The van der Waals surface area contributed by atoms with Crippen LogP contribution in [0.25, 0.3) is 0 Å². The van der Waals surface area contributed by atoms with Crippen molar-refractivity contribution in [2.24, 2.45) is 11.7 Å². The molecule has 7 heteroatoms. The highest BCUT2D eigenvalue weighted by Gasteiger charge is 2.44. The van der Waals surface area contributed by atoms with Crippen LogP contribution in [0.3, 0.4) is 0 Å². The fourth-order valence-electron chi connectivity index (χ4n) is 1.83. The van der Waals surface area contributed by atoms with Crippen LogP contribution >= 0.6 is 0 Å². The zero-order valence-corrected chi connectivity index (χ0v) is 9.01. The molecule has 2 atom stereocenters. The van der Waals surface area contributed by atoms with Gasteiger partial charge in [0.05, 0.1) is 5.60 Å². The number of halogens is 3. The number of nitrogens with two attached hydrogens (primary N) is 1. The van der Waals surface area contributed by atoms with Crippen LogP contribution in [0.15, 0.2) is 0 Å². The van der Waals surface area contributed by atoms with E-state index >= 15 is 0 Å². The fraction of sp³-hybridized carbons (Fsp3) is 0.889. The number of nitrogens with zero attached hydrogens (tertiary/aromatic N) is 1. The maximum absolute atomic E-state index is 12.5. The van der Waals surface area contributed by atoms with Crippen LogP contribution in [0.4, 0.5) is 13.2 Å². The Kier molecular flexibility index (Phi) is 3.49. The predicted octanol–water partition coefficient (Wildman–Crippen LogP) is 0.558. The summed E-state index contributed by atoms with van der Waals surface area (Å²) in [5.41, 5.74) is 4.01. The number of likely N-dealkylation sites (tertiary alicyclic amines) is 1. The molecule has 0 aliphatic carbocycles. The largest absolute Gasteiger partial charge is 0.399 e. The quantitative estimate of drug-likeness (QED) is 0.497. The summed E-state index contributed by atoms with van der Waals surface area (Å²) < 4.78 is 37.5. The van der Waals surface area contributed by atoms with Crippen LogP contribution in [0.1, 0.15) is 13.3 Å². The van der Waals surface area contributed by atoms with Crippen molar-refractivity contribution in [2.75, 3.05) is 19.6 Å². The van der Waals surface area contributed by atoms with Crippen LogP contribution < -0.4 is 5.73 Å². The summed E-state index contributed by atoms with van der Waals surface area (Å²) in [5, 5.41) is 16.5. The lowest BCUT2D eigenvalue weighted by Crippen LogP contribution is -2.44. The van der Waals surface area contributed by atoms with Crippen LogP contribution in [-0.2, 0) is 0 Å². The molecule has 0 aromatic rings. The molecule has 1 rings (SSSR count). The van der Waals surface area contributed by atoms with Crippen molar-refractivity contribution in [1.82, 2.24) is 4.90 Å². The molecule has 1 fully saturated rings. The molecule has 1 aliphatic rings. The Morgan fingerprint density at radius 2 is 2.19 bits per heavy atom. The summed E-state index contributed by atoms with van der Waals surface area (Å²) in [6.07, 6.45) is -4.06. The van der Waals surface area contributed by atoms with Gasteiger partial charge in [-0.25, -0.2) is 0 Å². The Hall–Kier alpha value is -0.820. The van der Waals surface area contributed by atoms with Gasteiger partial charge in [-0.1, -0.05) is 0 Å². The summed E-state index contributed by atoms with van der Waals surface area (Å²) in [4.78, 5) is 1.49. The number of rotatable bonds is 3. The molecule has 94 valence electrons. The summed E-state index contributed by atoms with van der Waals surface area (Å²) in [5.74, 6) is -2.82. The van der Waals surface area contributed by atoms with Gasteiger partial charge in [0.15, 0.2) is 0 Å². The predicted molar refractivity (Wildman–Crippen MR) is 53.1 cm³/mol. The number of alkyl halides is 3. The van der Waals surface area contributed by atoms with Crippen LogP contribution in [-0.4, -0.2) is 47.3 Å². The van der Waals surface area contributed by atoms with Gasteiger partial charge in [0, 0.05) is 19.6 Å². The molecule has 0 aromatic heterocycles. The molecule has 1 saturated heterocycles. The topological polar surface area (TPSA) is 73.3 Å². The lowest BCUT2D eigenvalue weighted by atomic mass is 10.1. The molecule has 2 unspecified atom stereocenters. The van der Waals surface area contributed by atoms with E-state index in [1.165, 1.54) is 4.90 Å². The molecular weight excluding hydrogens is 223 g/mol. The van der Waals surface area contributed by atoms with Crippen LogP contribution in [0.5, 0.6) is 0 Å². The Labute approximate surface area is 91.7 Å². The number of hydrogen-bond donors (Lipinski definition) is 3. The van der Waals surface area contributed by atoms with Crippen molar-refractivity contribution < 1.29 is 18.3 Å². The Bertz CT molecular complexity index is 278. The minimum Gasteiger partial charge on any atom is -0.389 e. The second-order valence-corrected chi connectivity index (χ2v) is 4.53. The van der Waals surface area contributed by atoms with Crippen molar-refractivity contribution in [3.05, 3.63) is 0 Å². The van der Waals surface area contributed by atoms with Crippen molar-refractivity contribution in [1.29, 1.82) is 5.41 Å². The first-order valence-corrected chi connectivity index (χ1v) is 4.97. The summed E-state index contributed by atoms with van der Waals surface area (Å²) in [6, 6.07) is 0. The van der Waals surface area contributed by atoms with Gasteiger partial charge >= 0.3 is 6.18 Å². The third-order valence-corrected chi connectivity index (χ3v) is 2.74. The summed E-state index contributed by atoms with van der Waals surface area (Å²) in [6.45, 7) is 1.82. The van der Waals surface area contributed by atoms with E-state index in [9.17, 15) is 18.3 Å². The highest BCUT2D eigenvalue weighted by atomic mass is 19.4. The van der Waals surface area contributed by atoms with E-state index in [0.29, 0.717) is 13.0 Å². The van der Waals surface area contributed by atoms with Crippen LogP contribution in [0, 0.1) is 11.3 Å². The Balaban J connectivity index is 2.61. The standard InChI is InChI=1S/C9H16F3N3O/c1-8(16)2-3-15(5-8)4-6(7(13)14)9(10,11)12/h6,16H,2-5H2,1H3,(H3,13,14). The lowest BCUT2D eigenvalue weighted by molar-refractivity contribution is -0.159. The molecule has 4 nitrogen and oxygen atoms in total. The van der Waals surface area contributed by atoms with Crippen molar-refractivity contribution in [2.45, 2.75) is 25.1 Å². The molecule has 0 radical (unpaired) electrons. The highest BCUT2D eigenvalue weighted by molar-refractivity contribution is 5.80. The van der Waals surface area contributed by atoms with E-state index < -0.39 is 23.5 Å². The third kappa shape index (κ3) is 3.34. The highest BCUT2D eigenvalue weighted by Crippen LogP contribution is 2.29. The zero-order chi connectivity index (χ0) is 12.6. The average molecular weight is 239 g/mol. The average Bonchev–Trinajstić information content (AvgIpc) is 2.38. The number of aliphatic hydroxyl groups is 1. The first-order chi connectivity index (χ1) is 7.12. The van der Waals surface area contributed by atoms with Crippen LogP contribution in [0.2, 0.25) is 0 Å². The normalized spacial score (nSPS) is 29.3. The molecule has 0 aromatic carbocycles. The van der Waals surface area contributed by atoms with Gasteiger partial charge in [-0.05, 0) is 13.3 Å². The molecule has 0 bridgehead atoms. The first kappa shape index (κ1) is 13.2. The SMILES string of the molecule is CC1(O)CCN(CC(C(=N)N)C(F)(F)F)C1. The summed E-state index contributed by atoms with van der Waals surface area (Å²) >= 11 is 0. The molecule has 1 heterocycles. The molecule has 0 spiro atoms. The molecule has 16 heavy (non-hydrogen) atoms. The van der Waals surface area contributed by atoms with Gasteiger partial charge in [0.25, 0.3) is 0 Å². The van der Waals surface area contributed by atoms with E-state index in [4.69, 9.17) is 11.1 Å². The Morgan fingerprint density at radius 3 is 2.50 bits per heavy atom. The van der Waals surface area contributed by atoms with Gasteiger partial charge in [-0.3, -0.25) is 10.3 Å².